The number of aliphatic imine (C=N–C) groups is 1. The first-order chi connectivity index (χ1) is 14.2. The first-order valence-electron chi connectivity index (χ1n) is 9.57. The lowest BCUT2D eigenvalue weighted by atomic mass is 10.0. The number of halogens is 3. The van der Waals surface area contributed by atoms with Gasteiger partial charge in [0, 0.05) is 16.5 Å². The zero-order valence-electron chi connectivity index (χ0n) is 16.1. The molecule has 1 amide bonds. The quantitative estimate of drug-likeness (QED) is 0.522. The van der Waals surface area contributed by atoms with E-state index in [1.165, 1.54) is 12.1 Å². The number of H-pyrrole nitrogens is 1. The maximum absolute atomic E-state index is 12.4. The summed E-state index contributed by atoms with van der Waals surface area (Å²) in [6.45, 7) is 0.462. The highest BCUT2D eigenvalue weighted by Gasteiger charge is 2.28. The van der Waals surface area contributed by atoms with E-state index in [1.54, 1.807) is 12.3 Å². The third-order valence-electron chi connectivity index (χ3n) is 4.89. The lowest BCUT2D eigenvalue weighted by molar-refractivity contribution is -0.123. The molecule has 0 bridgehead atoms. The van der Waals surface area contributed by atoms with E-state index in [9.17, 15) is 23.1 Å². The fourth-order valence-electron chi connectivity index (χ4n) is 3.29. The number of fused-ring (bicyclic) bond motifs is 1. The summed E-state index contributed by atoms with van der Waals surface area (Å²) < 4.78 is 39.0. The third-order valence-corrected chi connectivity index (χ3v) is 4.89. The molecule has 1 aromatic carbocycles. The van der Waals surface area contributed by atoms with Gasteiger partial charge in [-0.05, 0) is 37.5 Å². The number of alkyl halides is 3. The molecule has 0 aliphatic heterocycles. The summed E-state index contributed by atoms with van der Waals surface area (Å²) in [7, 11) is 0. The molecule has 0 unspecified atom stereocenters. The molecule has 2 heterocycles. The number of rotatable bonds is 6. The molecule has 2 aromatic heterocycles. The molecule has 1 fully saturated rings. The van der Waals surface area contributed by atoms with E-state index in [0.717, 1.165) is 12.8 Å². The first-order valence-corrected chi connectivity index (χ1v) is 9.57. The van der Waals surface area contributed by atoms with E-state index in [-0.39, 0.29) is 11.4 Å². The first kappa shape index (κ1) is 20.0. The van der Waals surface area contributed by atoms with Crippen molar-refractivity contribution in [3.05, 3.63) is 41.7 Å². The number of carbonyl (C=O) groups is 1. The van der Waals surface area contributed by atoms with Gasteiger partial charge in [0.05, 0.1) is 29.7 Å². The SMILES string of the molecule is CCC(=Nc1cnn(C2CC2)c1)c1c(O)[nH]c2ccc(C(=O)NCC(F)(F)F)cc12. The summed E-state index contributed by atoms with van der Waals surface area (Å²) in [5.74, 6) is -0.963. The Labute approximate surface area is 169 Å². The van der Waals surface area contributed by atoms with Crippen LogP contribution >= 0.6 is 0 Å². The van der Waals surface area contributed by atoms with Gasteiger partial charge in [-0.3, -0.25) is 9.48 Å². The summed E-state index contributed by atoms with van der Waals surface area (Å²) in [4.78, 5) is 19.6. The predicted octanol–water partition coefficient (Wildman–Crippen LogP) is 4.23. The average Bonchev–Trinajstić information content (AvgIpc) is 3.35. The molecule has 3 N–H and O–H groups in total. The third kappa shape index (κ3) is 4.17. The smallest absolute Gasteiger partial charge is 0.405 e. The summed E-state index contributed by atoms with van der Waals surface area (Å²) in [5, 5.41) is 17.1. The maximum atomic E-state index is 12.4. The van der Waals surface area contributed by atoms with Gasteiger partial charge in [-0.2, -0.15) is 18.3 Å². The molecule has 30 heavy (non-hydrogen) atoms. The fourth-order valence-corrected chi connectivity index (χ4v) is 3.29. The van der Waals surface area contributed by atoms with E-state index in [2.05, 4.69) is 15.1 Å². The van der Waals surface area contributed by atoms with E-state index in [1.807, 2.05) is 23.1 Å². The largest absolute Gasteiger partial charge is 0.494 e. The second-order valence-electron chi connectivity index (χ2n) is 7.23. The van der Waals surface area contributed by atoms with Crippen LogP contribution in [-0.4, -0.2) is 44.2 Å². The lowest BCUT2D eigenvalue weighted by Gasteiger charge is -2.09. The molecule has 0 spiro atoms. The number of aromatic hydroxyl groups is 1. The van der Waals surface area contributed by atoms with Crippen molar-refractivity contribution in [3.8, 4) is 5.88 Å². The van der Waals surface area contributed by atoms with E-state index in [0.29, 0.717) is 40.3 Å². The van der Waals surface area contributed by atoms with Gasteiger partial charge < -0.3 is 15.4 Å². The minimum atomic E-state index is -4.50. The molecule has 1 saturated carbocycles. The number of amides is 1. The Morgan fingerprint density at radius 2 is 2.17 bits per heavy atom. The van der Waals surface area contributed by atoms with Gasteiger partial charge in [-0.15, -0.1) is 0 Å². The molecule has 3 aromatic rings. The van der Waals surface area contributed by atoms with Gasteiger partial charge in [-0.1, -0.05) is 6.92 Å². The van der Waals surface area contributed by atoms with Gasteiger partial charge >= 0.3 is 6.18 Å². The second-order valence-corrected chi connectivity index (χ2v) is 7.23. The summed E-state index contributed by atoms with van der Waals surface area (Å²) in [6, 6.07) is 4.81. The van der Waals surface area contributed by atoms with E-state index < -0.39 is 18.6 Å². The fraction of sp³-hybridized carbons (Fsp3) is 0.350. The molecule has 0 atom stereocenters. The highest BCUT2D eigenvalue weighted by molar-refractivity contribution is 6.14. The Morgan fingerprint density at radius 1 is 1.40 bits per heavy atom. The molecule has 0 radical (unpaired) electrons. The van der Waals surface area contributed by atoms with Crippen LogP contribution in [0.15, 0.2) is 35.6 Å². The molecule has 158 valence electrons. The minimum Gasteiger partial charge on any atom is -0.494 e. The normalized spacial score (nSPS) is 15.0. The Kier molecular flexibility index (Phi) is 5.00. The monoisotopic (exact) mass is 419 g/mol. The highest BCUT2D eigenvalue weighted by atomic mass is 19.4. The van der Waals surface area contributed by atoms with Crippen molar-refractivity contribution in [1.29, 1.82) is 0 Å². The van der Waals surface area contributed by atoms with Crippen molar-refractivity contribution < 1.29 is 23.1 Å². The van der Waals surface area contributed by atoms with Crippen molar-refractivity contribution in [2.45, 2.75) is 38.4 Å². The van der Waals surface area contributed by atoms with Crippen molar-refractivity contribution in [2.75, 3.05) is 6.54 Å². The van der Waals surface area contributed by atoms with E-state index in [4.69, 9.17) is 0 Å². The molecule has 7 nitrogen and oxygen atoms in total. The minimum absolute atomic E-state index is 0.0593. The van der Waals surface area contributed by atoms with Crippen LogP contribution in [0.4, 0.5) is 18.9 Å². The molecule has 4 rings (SSSR count). The molecule has 1 aliphatic carbocycles. The number of nitrogens with zero attached hydrogens (tertiary/aromatic N) is 3. The van der Waals surface area contributed by atoms with Gasteiger partial charge in [0.25, 0.3) is 5.91 Å². The Morgan fingerprint density at radius 3 is 2.83 bits per heavy atom. The van der Waals surface area contributed by atoms with Crippen molar-refractivity contribution in [2.24, 2.45) is 4.99 Å². The van der Waals surface area contributed by atoms with Crippen molar-refractivity contribution >= 4 is 28.2 Å². The highest BCUT2D eigenvalue weighted by Crippen LogP contribution is 2.35. The van der Waals surface area contributed by atoms with Gasteiger partial charge in [0.2, 0.25) is 0 Å². The Hall–Kier alpha value is -3.30. The Balaban J connectivity index is 1.68. The standard InChI is InChI=1S/C20H20F3N5O2/c1-2-15(26-12-8-25-28(9-12)13-4-5-13)17-14-7-11(3-6-16(14)27-19(17)30)18(29)24-10-20(21,22)23/h3,6-9,13,27,30H,2,4-5,10H2,1H3,(H,24,29). The predicted molar refractivity (Wildman–Crippen MR) is 105 cm³/mol. The van der Waals surface area contributed by atoms with Crippen LogP contribution in [0, 0.1) is 0 Å². The van der Waals surface area contributed by atoms with Crippen LogP contribution in [-0.2, 0) is 0 Å². The number of nitrogens with one attached hydrogen (secondary N) is 2. The van der Waals surface area contributed by atoms with E-state index >= 15 is 0 Å². The van der Waals surface area contributed by atoms with Gasteiger partial charge in [0.1, 0.15) is 12.2 Å². The number of aromatic amines is 1. The molecule has 0 saturated heterocycles. The summed E-state index contributed by atoms with van der Waals surface area (Å²) >= 11 is 0. The van der Waals surface area contributed by atoms with Crippen LogP contribution in [0.25, 0.3) is 10.9 Å². The van der Waals surface area contributed by atoms with Crippen LogP contribution in [0.5, 0.6) is 5.88 Å². The number of hydrogen-bond acceptors (Lipinski definition) is 4. The maximum Gasteiger partial charge on any atom is 0.405 e. The number of hydrogen-bond donors (Lipinski definition) is 3. The Bertz CT molecular complexity index is 1130. The zero-order valence-corrected chi connectivity index (χ0v) is 16.1. The van der Waals surface area contributed by atoms with Gasteiger partial charge in [-0.25, -0.2) is 4.99 Å². The number of benzene rings is 1. The van der Waals surface area contributed by atoms with Gasteiger partial charge in [0.15, 0.2) is 5.88 Å². The van der Waals surface area contributed by atoms with Crippen molar-refractivity contribution in [1.82, 2.24) is 20.1 Å². The topological polar surface area (TPSA) is 95.3 Å². The van der Waals surface area contributed by atoms with Crippen molar-refractivity contribution in [3.63, 3.8) is 0 Å². The molecular formula is C20H20F3N5O2. The molecule has 1 aliphatic rings. The average molecular weight is 419 g/mol. The lowest BCUT2D eigenvalue weighted by Crippen LogP contribution is -2.33. The number of carbonyl (C=O) groups excluding carboxylic acids is 1. The molecule has 10 heteroatoms. The summed E-state index contributed by atoms with van der Waals surface area (Å²) in [6.07, 6.45) is 1.66. The van der Waals surface area contributed by atoms with Crippen LogP contribution < -0.4 is 5.32 Å². The zero-order chi connectivity index (χ0) is 21.5. The number of aromatic nitrogens is 3. The van der Waals surface area contributed by atoms with Crippen LogP contribution in [0.2, 0.25) is 0 Å². The van der Waals surface area contributed by atoms with Crippen LogP contribution in [0.3, 0.4) is 0 Å². The van der Waals surface area contributed by atoms with Crippen LogP contribution in [0.1, 0.15) is 48.1 Å². The molecular weight excluding hydrogens is 399 g/mol. The summed E-state index contributed by atoms with van der Waals surface area (Å²) in [5.41, 5.74) is 2.24. The second kappa shape index (κ2) is 7.51.